The lowest BCUT2D eigenvalue weighted by molar-refractivity contribution is -0.385. The Labute approximate surface area is 118 Å². The van der Waals surface area contributed by atoms with Gasteiger partial charge < -0.3 is 9.76 Å². The first-order valence-electron chi connectivity index (χ1n) is 6.17. The maximum atomic E-state index is 10.9. The number of nitro benzene ring substituents is 1. The van der Waals surface area contributed by atoms with Gasteiger partial charge in [0.1, 0.15) is 0 Å². The van der Waals surface area contributed by atoms with E-state index in [1.807, 2.05) is 0 Å². The van der Waals surface area contributed by atoms with Crippen LogP contribution in [0.2, 0.25) is 0 Å². The number of rotatable bonds is 6. The Hall–Kier alpha value is -1.73. The molecule has 0 saturated carbocycles. The summed E-state index contributed by atoms with van der Waals surface area (Å²) in [7, 11) is 0.149. The third-order valence-electron chi connectivity index (χ3n) is 3.49. The minimum absolute atomic E-state index is 0.0113. The van der Waals surface area contributed by atoms with Gasteiger partial charge in [0, 0.05) is 6.07 Å². The molecule has 0 saturated heterocycles. The maximum absolute atomic E-state index is 10.9. The molecule has 6 nitrogen and oxygen atoms in total. The van der Waals surface area contributed by atoms with E-state index in [1.165, 1.54) is 18.2 Å². The average Bonchev–Trinajstić information content (AvgIpc) is 2.34. The van der Waals surface area contributed by atoms with Gasteiger partial charge in [0.25, 0.3) is 5.69 Å². The van der Waals surface area contributed by atoms with E-state index in [4.69, 9.17) is 4.65 Å². The lowest BCUT2D eigenvalue weighted by atomic mass is 9.82. The van der Waals surface area contributed by atoms with Gasteiger partial charge in [0.05, 0.1) is 21.7 Å². The number of carbonyl (C=O) groups excluding carboxylic acids is 1. The van der Waals surface area contributed by atoms with Crippen molar-refractivity contribution in [2.45, 2.75) is 38.9 Å². The Balaban J connectivity index is 2.90. The van der Waals surface area contributed by atoms with E-state index in [2.05, 4.69) is 0 Å². The fourth-order valence-electron chi connectivity index (χ4n) is 1.39. The highest BCUT2D eigenvalue weighted by molar-refractivity contribution is 6.47. The first-order chi connectivity index (χ1) is 9.08. The molecule has 0 aliphatic rings. The van der Waals surface area contributed by atoms with Gasteiger partial charge in [0.15, 0.2) is 6.29 Å². The fourth-order valence-corrected chi connectivity index (χ4v) is 1.39. The largest absolute Gasteiger partial charge is 0.427 e. The Morgan fingerprint density at radius 3 is 2.40 bits per heavy atom. The van der Waals surface area contributed by atoms with Crippen LogP contribution in [0.1, 0.15) is 38.1 Å². The molecule has 0 fully saturated rings. The molecular formula is C13H18BNO5. The molecule has 1 aromatic carbocycles. The Morgan fingerprint density at radius 2 is 1.95 bits per heavy atom. The third-order valence-corrected chi connectivity index (χ3v) is 3.49. The van der Waals surface area contributed by atoms with Crippen molar-refractivity contribution in [2.24, 2.45) is 0 Å². The standard InChI is InChI=1S/C13H18BNO5/c1-12(2,17)13(3,4)20-14-10-5-6-11(15(18)19)9(7-10)8-16/h5-8,14,17H,1-4H3. The van der Waals surface area contributed by atoms with Crippen molar-refractivity contribution in [3.05, 3.63) is 33.9 Å². The van der Waals surface area contributed by atoms with Gasteiger partial charge in [-0.15, -0.1) is 0 Å². The van der Waals surface area contributed by atoms with E-state index in [-0.39, 0.29) is 18.7 Å². The maximum Gasteiger partial charge on any atom is 0.309 e. The van der Waals surface area contributed by atoms with Gasteiger partial charge in [-0.1, -0.05) is 11.5 Å². The van der Waals surface area contributed by atoms with Gasteiger partial charge >= 0.3 is 7.48 Å². The Kier molecular flexibility index (Phi) is 4.67. The quantitative estimate of drug-likeness (QED) is 0.362. The van der Waals surface area contributed by atoms with Gasteiger partial charge in [-0.25, -0.2) is 0 Å². The Bertz CT molecular complexity index is 522. The number of hydrogen-bond donors (Lipinski definition) is 1. The van der Waals surface area contributed by atoms with Crippen molar-refractivity contribution in [3.63, 3.8) is 0 Å². The van der Waals surface area contributed by atoms with Crippen LogP contribution in [0, 0.1) is 10.1 Å². The lowest BCUT2D eigenvalue weighted by Gasteiger charge is -2.37. The lowest BCUT2D eigenvalue weighted by Crippen LogP contribution is -2.49. The van der Waals surface area contributed by atoms with Crippen LogP contribution in [-0.4, -0.2) is 35.0 Å². The van der Waals surface area contributed by atoms with Gasteiger partial charge in [0.2, 0.25) is 0 Å². The van der Waals surface area contributed by atoms with Crippen LogP contribution in [0.3, 0.4) is 0 Å². The van der Waals surface area contributed by atoms with Gasteiger partial charge in [-0.2, -0.15) is 0 Å². The summed E-state index contributed by atoms with van der Waals surface area (Å²) in [5.74, 6) is 0. The molecule has 0 radical (unpaired) electrons. The zero-order chi connectivity index (χ0) is 15.6. The van der Waals surface area contributed by atoms with E-state index in [0.29, 0.717) is 11.7 Å². The molecule has 0 amide bonds. The summed E-state index contributed by atoms with van der Waals surface area (Å²) in [5, 5.41) is 20.7. The molecular weight excluding hydrogens is 261 g/mol. The molecule has 0 aromatic heterocycles. The van der Waals surface area contributed by atoms with E-state index in [1.54, 1.807) is 27.7 Å². The molecule has 1 rings (SSSR count). The molecule has 0 atom stereocenters. The monoisotopic (exact) mass is 279 g/mol. The summed E-state index contributed by atoms with van der Waals surface area (Å²) < 4.78 is 5.64. The van der Waals surface area contributed by atoms with Crippen molar-refractivity contribution in [1.82, 2.24) is 0 Å². The van der Waals surface area contributed by atoms with Crippen LogP contribution in [0.25, 0.3) is 0 Å². The smallest absolute Gasteiger partial charge is 0.309 e. The van der Waals surface area contributed by atoms with E-state index < -0.39 is 16.1 Å². The number of benzene rings is 1. The second kappa shape index (κ2) is 5.72. The SMILES string of the molecule is CC(C)(O)C(C)(C)OBc1ccc([N+](=O)[O-])c(C=O)c1. The molecule has 20 heavy (non-hydrogen) atoms. The first kappa shape index (κ1) is 16.3. The predicted octanol–water partition coefficient (Wildman–Crippen LogP) is 0.950. The molecule has 0 spiro atoms. The number of aldehydes is 1. The molecule has 0 aliphatic carbocycles. The van der Waals surface area contributed by atoms with Crippen molar-refractivity contribution in [1.29, 1.82) is 0 Å². The van der Waals surface area contributed by atoms with E-state index in [0.717, 1.165) is 0 Å². The number of carbonyl (C=O) groups is 1. The minimum atomic E-state index is -1.04. The zero-order valence-electron chi connectivity index (χ0n) is 12.0. The highest BCUT2D eigenvalue weighted by Gasteiger charge is 2.35. The van der Waals surface area contributed by atoms with Crippen LogP contribution in [-0.2, 0) is 4.65 Å². The Morgan fingerprint density at radius 1 is 1.35 bits per heavy atom. The third kappa shape index (κ3) is 3.65. The predicted molar refractivity (Wildman–Crippen MR) is 76.7 cm³/mol. The second-order valence-corrected chi connectivity index (χ2v) is 5.63. The second-order valence-electron chi connectivity index (χ2n) is 5.63. The van der Waals surface area contributed by atoms with Crippen LogP contribution in [0.5, 0.6) is 0 Å². The van der Waals surface area contributed by atoms with Crippen molar-refractivity contribution in [3.8, 4) is 0 Å². The number of nitro groups is 1. The van der Waals surface area contributed by atoms with Crippen LogP contribution >= 0.6 is 0 Å². The van der Waals surface area contributed by atoms with Gasteiger partial charge in [-0.05, 0) is 33.8 Å². The van der Waals surface area contributed by atoms with Gasteiger partial charge in [-0.3, -0.25) is 14.9 Å². The topological polar surface area (TPSA) is 89.7 Å². The summed E-state index contributed by atoms with van der Waals surface area (Å²) in [6.07, 6.45) is 0.447. The molecule has 1 N–H and O–H groups in total. The minimum Gasteiger partial charge on any atom is -0.427 e. The van der Waals surface area contributed by atoms with Crippen molar-refractivity contribution >= 4 is 24.9 Å². The molecule has 0 unspecified atom stereocenters. The molecule has 108 valence electrons. The van der Waals surface area contributed by atoms with E-state index >= 15 is 0 Å². The molecule has 0 heterocycles. The summed E-state index contributed by atoms with van der Waals surface area (Å²) in [6.45, 7) is 6.78. The molecule has 1 aromatic rings. The normalized spacial score (nSPS) is 12.1. The molecule has 7 heteroatoms. The number of nitrogens with zero attached hydrogens (tertiary/aromatic N) is 1. The summed E-state index contributed by atoms with van der Waals surface area (Å²) in [6, 6.07) is 4.23. The number of aliphatic hydroxyl groups is 1. The highest BCUT2D eigenvalue weighted by Crippen LogP contribution is 2.24. The summed E-state index contributed by atoms with van der Waals surface area (Å²) >= 11 is 0. The fraction of sp³-hybridized carbons (Fsp3) is 0.462. The van der Waals surface area contributed by atoms with E-state index in [9.17, 15) is 20.0 Å². The molecule has 0 bridgehead atoms. The van der Waals surface area contributed by atoms with Crippen LogP contribution < -0.4 is 5.46 Å². The summed E-state index contributed by atoms with van der Waals surface area (Å²) in [4.78, 5) is 21.0. The summed E-state index contributed by atoms with van der Waals surface area (Å²) in [5.41, 5.74) is -1.42. The average molecular weight is 279 g/mol. The van der Waals surface area contributed by atoms with Crippen LogP contribution in [0.15, 0.2) is 18.2 Å². The highest BCUT2D eigenvalue weighted by atomic mass is 16.6. The first-order valence-corrected chi connectivity index (χ1v) is 6.17. The van der Waals surface area contributed by atoms with Crippen LogP contribution in [0.4, 0.5) is 5.69 Å². The number of hydrogen-bond acceptors (Lipinski definition) is 5. The van der Waals surface area contributed by atoms with Crippen molar-refractivity contribution in [2.75, 3.05) is 0 Å². The zero-order valence-corrected chi connectivity index (χ0v) is 12.0. The van der Waals surface area contributed by atoms with Crippen molar-refractivity contribution < 1.29 is 19.5 Å². The molecule has 0 aliphatic heterocycles.